The molecule has 0 spiro atoms. The molecule has 1 aromatic heterocycles. The Morgan fingerprint density at radius 2 is 1.47 bits per heavy atom. The number of carbonyl (C=O) groups excluding carboxylic acids is 2. The first kappa shape index (κ1) is 27.7. The van der Waals surface area contributed by atoms with Gasteiger partial charge in [-0.2, -0.15) is 0 Å². The van der Waals surface area contributed by atoms with E-state index in [9.17, 15) is 9.59 Å². The average Bonchev–Trinajstić information content (AvgIpc) is 3.43. The lowest BCUT2D eigenvalue weighted by Gasteiger charge is -2.28. The van der Waals surface area contributed by atoms with Crippen molar-refractivity contribution in [3.05, 3.63) is 24.5 Å². The van der Waals surface area contributed by atoms with Gasteiger partial charge in [0, 0.05) is 57.9 Å². The molecular formula is C25H43N5O4. The van der Waals surface area contributed by atoms with Gasteiger partial charge in [-0.3, -0.25) is 4.98 Å². The van der Waals surface area contributed by atoms with Crippen molar-refractivity contribution in [3.8, 4) is 0 Å². The molecule has 9 heteroatoms. The minimum atomic E-state index is -0.450. The largest absolute Gasteiger partial charge is 0.444 e. The Balaban J connectivity index is 0.000000257. The van der Waals surface area contributed by atoms with Crippen LogP contribution >= 0.6 is 0 Å². The molecule has 2 unspecified atom stereocenters. The van der Waals surface area contributed by atoms with Gasteiger partial charge in [-0.25, -0.2) is 9.59 Å². The number of likely N-dealkylation sites (N-methyl/N-ethyl adjacent to an activating group) is 2. The van der Waals surface area contributed by atoms with Crippen LogP contribution in [0.2, 0.25) is 0 Å². The predicted molar refractivity (Wildman–Crippen MR) is 134 cm³/mol. The lowest BCUT2D eigenvalue weighted by Crippen LogP contribution is -2.42. The number of aromatic nitrogens is 1. The van der Waals surface area contributed by atoms with Gasteiger partial charge >= 0.3 is 12.2 Å². The summed E-state index contributed by atoms with van der Waals surface area (Å²) in [6.07, 6.45) is 5.07. The summed E-state index contributed by atoms with van der Waals surface area (Å²) >= 11 is 0. The minimum Gasteiger partial charge on any atom is -0.444 e. The zero-order valence-corrected chi connectivity index (χ0v) is 22.1. The summed E-state index contributed by atoms with van der Waals surface area (Å²) in [5.41, 5.74) is 0.298. The van der Waals surface area contributed by atoms with Gasteiger partial charge in [0.15, 0.2) is 0 Å². The van der Waals surface area contributed by atoms with Crippen molar-refractivity contribution in [1.29, 1.82) is 0 Å². The molecule has 0 saturated carbocycles. The molecule has 2 amide bonds. The third kappa shape index (κ3) is 9.00. The fraction of sp³-hybridized carbons (Fsp3) is 0.720. The van der Waals surface area contributed by atoms with Crippen LogP contribution < -0.4 is 10.2 Å². The van der Waals surface area contributed by atoms with Crippen molar-refractivity contribution >= 4 is 17.9 Å². The first-order valence-electron chi connectivity index (χ1n) is 12.0. The first-order chi connectivity index (χ1) is 15.8. The van der Waals surface area contributed by atoms with Crippen molar-refractivity contribution < 1.29 is 19.1 Å². The summed E-state index contributed by atoms with van der Waals surface area (Å²) in [5, 5.41) is 3.22. The van der Waals surface area contributed by atoms with Crippen molar-refractivity contribution in [2.75, 3.05) is 45.2 Å². The van der Waals surface area contributed by atoms with Crippen LogP contribution in [0.5, 0.6) is 0 Å². The summed E-state index contributed by atoms with van der Waals surface area (Å²) in [6.45, 7) is 14.9. The van der Waals surface area contributed by atoms with Gasteiger partial charge in [-0.05, 0) is 73.1 Å². The van der Waals surface area contributed by atoms with Gasteiger partial charge in [-0.15, -0.1) is 0 Å². The smallest absolute Gasteiger partial charge is 0.410 e. The van der Waals surface area contributed by atoms with E-state index < -0.39 is 11.2 Å². The maximum Gasteiger partial charge on any atom is 0.410 e. The van der Waals surface area contributed by atoms with Gasteiger partial charge in [0.1, 0.15) is 11.2 Å². The third-order valence-electron chi connectivity index (χ3n) is 5.68. The van der Waals surface area contributed by atoms with Crippen LogP contribution in [0.25, 0.3) is 0 Å². The molecule has 2 fully saturated rings. The minimum absolute atomic E-state index is 0.193. The number of anilines is 1. The second-order valence-electron chi connectivity index (χ2n) is 10.9. The zero-order valence-electron chi connectivity index (χ0n) is 22.1. The summed E-state index contributed by atoms with van der Waals surface area (Å²) in [7, 11) is 3.61. The molecule has 192 valence electrons. The predicted octanol–water partition coefficient (Wildman–Crippen LogP) is 3.74. The quantitative estimate of drug-likeness (QED) is 0.709. The molecule has 9 nitrogen and oxygen atoms in total. The molecule has 0 aliphatic carbocycles. The molecule has 2 atom stereocenters. The van der Waals surface area contributed by atoms with Gasteiger partial charge in [0.05, 0.1) is 6.04 Å². The van der Waals surface area contributed by atoms with Crippen LogP contribution in [-0.4, -0.2) is 90.5 Å². The van der Waals surface area contributed by atoms with E-state index in [1.54, 1.807) is 29.2 Å². The number of hydrogen-bond acceptors (Lipinski definition) is 7. The van der Waals surface area contributed by atoms with Crippen LogP contribution in [0.1, 0.15) is 54.4 Å². The second kappa shape index (κ2) is 11.7. The number of amides is 2. The van der Waals surface area contributed by atoms with Crippen LogP contribution in [0.4, 0.5) is 15.3 Å². The highest BCUT2D eigenvalue weighted by Gasteiger charge is 2.31. The Kier molecular flexibility index (Phi) is 9.55. The Morgan fingerprint density at radius 3 is 1.94 bits per heavy atom. The molecular weight excluding hydrogens is 434 g/mol. The topological polar surface area (TPSA) is 87.2 Å². The van der Waals surface area contributed by atoms with Crippen LogP contribution in [0, 0.1) is 0 Å². The molecule has 34 heavy (non-hydrogen) atoms. The Bertz CT molecular complexity index is 785. The van der Waals surface area contributed by atoms with E-state index in [1.807, 2.05) is 60.7 Å². The molecule has 2 aliphatic rings. The third-order valence-corrected chi connectivity index (χ3v) is 5.68. The van der Waals surface area contributed by atoms with Crippen LogP contribution in [0.15, 0.2) is 24.5 Å². The van der Waals surface area contributed by atoms with Crippen molar-refractivity contribution in [2.24, 2.45) is 0 Å². The molecule has 1 N–H and O–H groups in total. The monoisotopic (exact) mass is 477 g/mol. The fourth-order valence-corrected chi connectivity index (χ4v) is 3.78. The highest BCUT2D eigenvalue weighted by atomic mass is 16.6. The zero-order chi connectivity index (χ0) is 25.5. The number of carbonyl (C=O) groups is 2. The van der Waals surface area contributed by atoms with E-state index in [4.69, 9.17) is 9.47 Å². The van der Waals surface area contributed by atoms with Gasteiger partial charge in [-0.1, -0.05) is 0 Å². The number of hydrogen-bond donors (Lipinski definition) is 1. The summed E-state index contributed by atoms with van der Waals surface area (Å²) < 4.78 is 10.7. The number of pyridine rings is 1. The van der Waals surface area contributed by atoms with E-state index in [1.165, 1.54) is 0 Å². The van der Waals surface area contributed by atoms with Crippen LogP contribution in [0.3, 0.4) is 0 Å². The molecule has 2 aliphatic heterocycles. The number of ether oxygens (including phenoxy) is 2. The highest BCUT2D eigenvalue weighted by Crippen LogP contribution is 2.23. The van der Waals surface area contributed by atoms with Crippen molar-refractivity contribution in [3.63, 3.8) is 0 Å². The highest BCUT2D eigenvalue weighted by molar-refractivity contribution is 5.69. The molecule has 0 aromatic carbocycles. The molecule has 0 bridgehead atoms. The number of nitrogens with one attached hydrogen (secondary N) is 1. The summed E-state index contributed by atoms with van der Waals surface area (Å²) in [5.74, 6) is 0. The Hall–Kier alpha value is -2.55. The number of rotatable bonds is 3. The molecule has 0 radical (unpaired) electrons. The van der Waals surface area contributed by atoms with E-state index in [-0.39, 0.29) is 24.3 Å². The maximum absolute atomic E-state index is 12.1. The SMILES string of the molecule is CN(C(=O)OC(C)(C)C)C1CCN(c2ccncc2)C1.CN(C(=O)OC(C)(C)C)C1CCNC1. The van der Waals surface area contributed by atoms with E-state index >= 15 is 0 Å². The lowest BCUT2D eigenvalue weighted by atomic mass is 10.2. The van der Waals surface area contributed by atoms with E-state index in [0.29, 0.717) is 0 Å². The lowest BCUT2D eigenvalue weighted by molar-refractivity contribution is 0.0226. The van der Waals surface area contributed by atoms with Gasteiger partial charge in [0.25, 0.3) is 0 Å². The van der Waals surface area contributed by atoms with Gasteiger partial charge in [0.2, 0.25) is 0 Å². The first-order valence-corrected chi connectivity index (χ1v) is 12.0. The molecule has 2 saturated heterocycles. The molecule has 3 heterocycles. The van der Waals surface area contributed by atoms with E-state index in [2.05, 4.69) is 15.2 Å². The Labute approximate surface area is 204 Å². The van der Waals surface area contributed by atoms with E-state index in [0.717, 1.165) is 44.7 Å². The van der Waals surface area contributed by atoms with Crippen LogP contribution in [-0.2, 0) is 9.47 Å². The van der Waals surface area contributed by atoms with Crippen molar-refractivity contribution in [2.45, 2.75) is 77.7 Å². The normalized spacial score (nSPS) is 20.3. The standard InChI is InChI=1S/C15H23N3O2.C10H20N2O2/c1-15(2,3)20-14(19)17(4)13-7-10-18(11-13)12-5-8-16-9-6-12;1-10(2,3)14-9(13)12(4)8-5-6-11-7-8/h5-6,8-9,13H,7,10-11H2,1-4H3;8,11H,5-7H2,1-4H3. The molecule has 1 aromatic rings. The average molecular weight is 478 g/mol. The van der Waals surface area contributed by atoms with Gasteiger partial charge < -0.3 is 29.5 Å². The summed E-state index contributed by atoms with van der Waals surface area (Å²) in [6, 6.07) is 4.47. The Morgan fingerprint density at radius 1 is 0.941 bits per heavy atom. The fourth-order valence-electron chi connectivity index (χ4n) is 3.78. The maximum atomic E-state index is 12.1. The second-order valence-corrected chi connectivity index (χ2v) is 10.9. The number of nitrogens with zero attached hydrogens (tertiary/aromatic N) is 4. The molecule has 3 rings (SSSR count). The summed E-state index contributed by atoms with van der Waals surface area (Å²) in [4.78, 5) is 33.4. The van der Waals surface area contributed by atoms with Crippen molar-refractivity contribution in [1.82, 2.24) is 20.1 Å².